The van der Waals surface area contributed by atoms with Crippen molar-refractivity contribution < 1.29 is 8.78 Å². The van der Waals surface area contributed by atoms with E-state index in [2.05, 4.69) is 9.36 Å². The molecule has 0 saturated carbocycles. The lowest BCUT2D eigenvalue weighted by atomic mass is 10.2. The summed E-state index contributed by atoms with van der Waals surface area (Å²) in [5.74, 6) is -1.74. The Kier molecular flexibility index (Phi) is 2.73. The normalized spacial score (nSPS) is 10.5. The number of benzene rings is 1. The Morgan fingerprint density at radius 3 is 2.71 bits per heavy atom. The summed E-state index contributed by atoms with van der Waals surface area (Å²) < 4.78 is 30.5. The first kappa shape index (κ1) is 9.91. The fourth-order valence-electron chi connectivity index (χ4n) is 0.984. The van der Waals surface area contributed by atoms with E-state index in [1.165, 1.54) is 12.1 Å². The van der Waals surface area contributed by atoms with Gasteiger partial charge in [0.25, 0.3) is 0 Å². The van der Waals surface area contributed by atoms with E-state index in [0.717, 1.165) is 17.6 Å². The van der Waals surface area contributed by atoms with E-state index in [0.29, 0.717) is 8.84 Å². The second kappa shape index (κ2) is 3.85. The lowest BCUT2D eigenvalue weighted by molar-refractivity contribution is 0.511. The molecule has 2 nitrogen and oxygen atoms in total. The largest absolute Gasteiger partial charge is 0.209 e. The van der Waals surface area contributed by atoms with Crippen molar-refractivity contribution in [3.8, 4) is 10.6 Å². The molecule has 0 spiro atoms. The lowest BCUT2D eigenvalue weighted by Crippen LogP contribution is -1.88. The van der Waals surface area contributed by atoms with Gasteiger partial charge in [-0.3, -0.25) is 0 Å². The quantitative estimate of drug-likeness (QED) is 0.754. The van der Waals surface area contributed by atoms with Crippen molar-refractivity contribution in [1.82, 2.24) is 9.36 Å². The molecule has 0 N–H and O–H groups in total. The van der Waals surface area contributed by atoms with Gasteiger partial charge >= 0.3 is 0 Å². The maximum atomic E-state index is 13.3. The number of aromatic nitrogens is 2. The van der Waals surface area contributed by atoms with Gasteiger partial charge in [0.05, 0.1) is 5.56 Å². The zero-order valence-corrected chi connectivity index (χ0v) is 9.64. The maximum absolute atomic E-state index is 13.3. The fourth-order valence-corrected chi connectivity index (χ4v) is 2.27. The molecule has 2 rings (SSSR count). The molecular weight excluding hydrogens is 321 g/mol. The smallest absolute Gasteiger partial charge is 0.203 e. The van der Waals surface area contributed by atoms with Crippen molar-refractivity contribution in [1.29, 1.82) is 0 Å². The molecule has 0 aliphatic carbocycles. The van der Waals surface area contributed by atoms with Crippen LogP contribution >= 0.6 is 34.1 Å². The molecular formula is C8H3F2IN2S. The molecule has 14 heavy (non-hydrogen) atoms. The zero-order chi connectivity index (χ0) is 10.1. The molecule has 0 atom stereocenters. The summed E-state index contributed by atoms with van der Waals surface area (Å²) >= 11 is 2.97. The molecule has 6 heteroatoms. The van der Waals surface area contributed by atoms with Gasteiger partial charge in [0.1, 0.15) is 5.01 Å². The van der Waals surface area contributed by atoms with Crippen LogP contribution in [0.1, 0.15) is 0 Å². The Morgan fingerprint density at radius 1 is 1.29 bits per heavy atom. The predicted octanol–water partition coefficient (Wildman–Crippen LogP) is 3.09. The van der Waals surface area contributed by atoms with E-state index in [4.69, 9.17) is 0 Å². The number of rotatable bonds is 1. The van der Waals surface area contributed by atoms with Crippen molar-refractivity contribution in [3.05, 3.63) is 33.7 Å². The van der Waals surface area contributed by atoms with E-state index in [1.54, 1.807) is 0 Å². The third-order valence-corrected chi connectivity index (χ3v) is 3.14. The molecule has 1 heterocycles. The molecule has 1 aromatic carbocycles. The second-order valence-corrected chi connectivity index (χ2v) is 4.19. The molecule has 0 radical (unpaired) electrons. The van der Waals surface area contributed by atoms with Gasteiger partial charge in [-0.15, -0.1) is 0 Å². The van der Waals surface area contributed by atoms with E-state index >= 15 is 0 Å². The molecule has 72 valence electrons. The summed E-state index contributed by atoms with van der Waals surface area (Å²) in [7, 11) is 0. The fraction of sp³-hybridized carbons (Fsp3) is 0. The standard InChI is InChI=1S/C8H3F2IN2S/c9-5-3-1-2-4(6(5)10)7-12-8(11)13-14-7/h1-3H. The Morgan fingerprint density at radius 2 is 2.07 bits per heavy atom. The topological polar surface area (TPSA) is 25.8 Å². The lowest BCUT2D eigenvalue weighted by Gasteiger charge is -1.97. The summed E-state index contributed by atoms with van der Waals surface area (Å²) in [4.78, 5) is 3.97. The minimum absolute atomic E-state index is 0.158. The van der Waals surface area contributed by atoms with Gasteiger partial charge in [-0.25, -0.2) is 13.8 Å². The second-order valence-electron chi connectivity index (χ2n) is 2.47. The van der Waals surface area contributed by atoms with Crippen LogP contribution in [-0.2, 0) is 0 Å². The highest BCUT2D eigenvalue weighted by Gasteiger charge is 2.12. The van der Waals surface area contributed by atoms with Crippen LogP contribution in [0.15, 0.2) is 18.2 Å². The Bertz CT molecular complexity index is 472. The molecule has 0 fully saturated rings. The molecule has 0 bridgehead atoms. The highest BCUT2D eigenvalue weighted by Crippen LogP contribution is 2.25. The van der Waals surface area contributed by atoms with Crippen LogP contribution in [0.3, 0.4) is 0 Å². The number of nitrogens with zero attached hydrogens (tertiary/aromatic N) is 2. The number of halogens is 3. The van der Waals surface area contributed by atoms with Gasteiger partial charge in [-0.05, 0) is 23.7 Å². The highest BCUT2D eigenvalue weighted by molar-refractivity contribution is 14.1. The third-order valence-electron chi connectivity index (χ3n) is 1.58. The van der Waals surface area contributed by atoms with E-state index < -0.39 is 11.6 Å². The van der Waals surface area contributed by atoms with Gasteiger partial charge in [-0.2, -0.15) is 4.37 Å². The van der Waals surface area contributed by atoms with Gasteiger partial charge in [-0.1, -0.05) is 6.07 Å². The first-order valence-electron chi connectivity index (χ1n) is 3.62. The van der Waals surface area contributed by atoms with Gasteiger partial charge in [0.15, 0.2) is 11.6 Å². The van der Waals surface area contributed by atoms with Crippen LogP contribution in [0.25, 0.3) is 10.6 Å². The first-order chi connectivity index (χ1) is 6.68. The molecule has 0 aliphatic heterocycles. The van der Waals surface area contributed by atoms with Crippen molar-refractivity contribution in [2.45, 2.75) is 0 Å². The van der Waals surface area contributed by atoms with Crippen LogP contribution in [0.4, 0.5) is 8.78 Å². The van der Waals surface area contributed by atoms with Crippen LogP contribution in [-0.4, -0.2) is 9.36 Å². The van der Waals surface area contributed by atoms with Crippen LogP contribution < -0.4 is 0 Å². The van der Waals surface area contributed by atoms with Gasteiger partial charge in [0.2, 0.25) is 3.83 Å². The van der Waals surface area contributed by atoms with Crippen LogP contribution in [0.2, 0.25) is 0 Å². The Hall–Kier alpha value is -0.630. The van der Waals surface area contributed by atoms with Crippen LogP contribution in [0.5, 0.6) is 0 Å². The van der Waals surface area contributed by atoms with Crippen molar-refractivity contribution in [2.75, 3.05) is 0 Å². The minimum atomic E-state index is -0.875. The molecule has 2 aromatic rings. The average Bonchev–Trinajstić information content (AvgIpc) is 2.57. The molecule has 0 amide bonds. The highest BCUT2D eigenvalue weighted by atomic mass is 127. The molecule has 1 aromatic heterocycles. The molecule has 0 unspecified atom stereocenters. The predicted molar refractivity (Wildman–Crippen MR) is 58.0 cm³/mol. The monoisotopic (exact) mass is 324 g/mol. The summed E-state index contributed by atoms with van der Waals surface area (Å²) in [6, 6.07) is 4.00. The van der Waals surface area contributed by atoms with E-state index in [1.807, 2.05) is 22.6 Å². The average molecular weight is 324 g/mol. The van der Waals surface area contributed by atoms with E-state index in [9.17, 15) is 8.78 Å². The SMILES string of the molecule is Fc1cccc(-c2nc(I)ns2)c1F. The maximum Gasteiger partial charge on any atom is 0.203 e. The third kappa shape index (κ3) is 1.76. The van der Waals surface area contributed by atoms with E-state index in [-0.39, 0.29) is 5.56 Å². The Labute approximate surface area is 96.3 Å². The first-order valence-corrected chi connectivity index (χ1v) is 5.47. The number of hydrogen-bond acceptors (Lipinski definition) is 3. The zero-order valence-electron chi connectivity index (χ0n) is 6.67. The van der Waals surface area contributed by atoms with Crippen molar-refractivity contribution in [2.24, 2.45) is 0 Å². The summed E-state index contributed by atoms with van der Waals surface area (Å²) in [5.41, 5.74) is 0.158. The number of hydrogen-bond donors (Lipinski definition) is 0. The van der Waals surface area contributed by atoms with Gasteiger partial charge in [0, 0.05) is 22.6 Å². The van der Waals surface area contributed by atoms with Gasteiger partial charge < -0.3 is 0 Å². The summed E-state index contributed by atoms with van der Waals surface area (Å²) in [6.07, 6.45) is 0. The summed E-state index contributed by atoms with van der Waals surface area (Å²) in [6.45, 7) is 0. The summed E-state index contributed by atoms with van der Waals surface area (Å²) in [5, 5.41) is 0.395. The molecule has 0 saturated heterocycles. The Balaban J connectivity index is 2.57. The van der Waals surface area contributed by atoms with Crippen molar-refractivity contribution >= 4 is 34.1 Å². The van der Waals surface area contributed by atoms with Crippen molar-refractivity contribution in [3.63, 3.8) is 0 Å². The minimum Gasteiger partial charge on any atom is -0.209 e. The van der Waals surface area contributed by atoms with Crippen LogP contribution in [0, 0.1) is 15.5 Å². The molecule has 0 aliphatic rings.